The second-order valence-electron chi connectivity index (χ2n) is 11.7. The molecule has 0 aromatic carbocycles. The van der Waals surface area contributed by atoms with E-state index in [0.717, 1.165) is 43.5 Å². The van der Waals surface area contributed by atoms with Crippen molar-refractivity contribution < 1.29 is 14.2 Å². The molecule has 6 aliphatic rings. The highest BCUT2D eigenvalue weighted by atomic mass is 16.7. The Hall–Kier alpha value is -0.120. The lowest BCUT2D eigenvalue weighted by Crippen LogP contribution is -2.56. The average molecular weight is 375 g/mol. The minimum Gasteiger partial charge on any atom is -0.370 e. The zero-order valence-corrected chi connectivity index (χ0v) is 17.6. The summed E-state index contributed by atoms with van der Waals surface area (Å²) in [6.07, 6.45) is 12.5. The molecule has 0 N–H and O–H groups in total. The van der Waals surface area contributed by atoms with Gasteiger partial charge in [-0.15, -0.1) is 0 Å². The summed E-state index contributed by atoms with van der Waals surface area (Å²) in [5.41, 5.74) is 1.31. The second kappa shape index (κ2) is 5.52. The van der Waals surface area contributed by atoms with Crippen molar-refractivity contribution in [1.82, 2.24) is 0 Å². The molecule has 6 rings (SSSR count). The van der Waals surface area contributed by atoms with E-state index in [2.05, 4.69) is 20.8 Å². The number of hydrogen-bond acceptors (Lipinski definition) is 3. The first-order valence-corrected chi connectivity index (χ1v) is 11.8. The van der Waals surface area contributed by atoms with Gasteiger partial charge in [0, 0.05) is 5.92 Å². The third-order valence-electron chi connectivity index (χ3n) is 10.8. The molecule has 0 aromatic heterocycles. The molecule has 8 atom stereocenters. The number of hydrogen-bond donors (Lipinski definition) is 0. The maximum absolute atomic E-state index is 6.17. The van der Waals surface area contributed by atoms with E-state index in [0.29, 0.717) is 22.3 Å². The first-order valence-electron chi connectivity index (χ1n) is 11.8. The van der Waals surface area contributed by atoms with Gasteiger partial charge in [0.05, 0.1) is 25.4 Å². The van der Waals surface area contributed by atoms with Gasteiger partial charge in [0.2, 0.25) is 0 Å². The van der Waals surface area contributed by atoms with Crippen molar-refractivity contribution in [2.45, 2.75) is 89.9 Å². The molecule has 2 heterocycles. The zero-order chi connectivity index (χ0) is 18.5. The number of rotatable bonds is 1. The van der Waals surface area contributed by atoms with Crippen molar-refractivity contribution in [3.8, 4) is 0 Å². The maximum Gasteiger partial charge on any atom is 0.169 e. The molecule has 0 bridgehead atoms. The highest BCUT2D eigenvalue weighted by Gasteiger charge is 2.65. The number of epoxide rings is 1. The molecule has 6 fully saturated rings. The third-order valence-corrected chi connectivity index (χ3v) is 10.8. The van der Waals surface area contributed by atoms with Crippen LogP contribution in [0.25, 0.3) is 0 Å². The van der Waals surface area contributed by atoms with Crippen molar-refractivity contribution >= 4 is 0 Å². The molecule has 152 valence electrons. The highest BCUT2D eigenvalue weighted by Crippen LogP contribution is 2.70. The van der Waals surface area contributed by atoms with Gasteiger partial charge in [-0.2, -0.15) is 0 Å². The summed E-state index contributed by atoms with van der Waals surface area (Å²) in [6, 6.07) is 0. The lowest BCUT2D eigenvalue weighted by Gasteiger charge is -2.61. The lowest BCUT2D eigenvalue weighted by atomic mass is 9.44. The van der Waals surface area contributed by atoms with Crippen molar-refractivity contribution in [2.24, 2.45) is 40.4 Å². The Morgan fingerprint density at radius 2 is 1.44 bits per heavy atom. The van der Waals surface area contributed by atoms with E-state index in [1.54, 1.807) is 0 Å². The fourth-order valence-electron chi connectivity index (χ4n) is 9.27. The average Bonchev–Trinajstić information content (AvgIpc) is 3.07. The summed E-state index contributed by atoms with van der Waals surface area (Å²) in [5, 5.41) is 0. The van der Waals surface area contributed by atoms with Gasteiger partial charge in [0.25, 0.3) is 0 Å². The minimum atomic E-state index is -0.321. The first kappa shape index (κ1) is 17.7. The molecule has 1 spiro atoms. The fraction of sp³-hybridized carbons (Fsp3) is 1.00. The molecule has 2 aliphatic heterocycles. The summed E-state index contributed by atoms with van der Waals surface area (Å²) in [5.74, 6) is 3.94. The van der Waals surface area contributed by atoms with E-state index in [1.807, 2.05) is 0 Å². The molecule has 0 radical (unpaired) electrons. The third kappa shape index (κ3) is 2.31. The first-order chi connectivity index (χ1) is 12.9. The van der Waals surface area contributed by atoms with Crippen LogP contribution in [-0.2, 0) is 14.2 Å². The Bertz CT molecular complexity index is 621. The summed E-state index contributed by atoms with van der Waals surface area (Å²) in [7, 11) is 0. The van der Waals surface area contributed by atoms with Gasteiger partial charge in [-0.1, -0.05) is 13.8 Å². The van der Waals surface area contributed by atoms with E-state index in [9.17, 15) is 0 Å². The van der Waals surface area contributed by atoms with E-state index >= 15 is 0 Å². The molecule has 4 saturated carbocycles. The molecule has 4 aliphatic carbocycles. The van der Waals surface area contributed by atoms with Gasteiger partial charge in [0.15, 0.2) is 5.79 Å². The van der Waals surface area contributed by atoms with Crippen molar-refractivity contribution in [2.75, 3.05) is 19.8 Å². The van der Waals surface area contributed by atoms with Gasteiger partial charge in [-0.3, -0.25) is 0 Å². The molecule has 3 heteroatoms. The molecular formula is C24H38O3. The van der Waals surface area contributed by atoms with Crippen LogP contribution in [0, 0.1) is 40.4 Å². The number of ether oxygens (including phenoxy) is 3. The quantitative estimate of drug-likeness (QED) is 0.593. The lowest BCUT2D eigenvalue weighted by molar-refractivity contribution is -0.218. The van der Waals surface area contributed by atoms with Crippen LogP contribution >= 0.6 is 0 Å². The Morgan fingerprint density at radius 3 is 2.19 bits per heavy atom. The zero-order valence-electron chi connectivity index (χ0n) is 17.6. The van der Waals surface area contributed by atoms with Crippen LogP contribution in [0.1, 0.15) is 78.6 Å². The summed E-state index contributed by atoms with van der Waals surface area (Å²) in [6.45, 7) is 10.1. The van der Waals surface area contributed by atoms with Crippen molar-refractivity contribution in [3.05, 3.63) is 0 Å². The Balaban J connectivity index is 1.27. The van der Waals surface area contributed by atoms with Crippen LogP contribution in [0.4, 0.5) is 0 Å². The maximum atomic E-state index is 6.17. The summed E-state index contributed by atoms with van der Waals surface area (Å²) < 4.78 is 18.3. The Labute approximate surface area is 164 Å². The van der Waals surface area contributed by atoms with Crippen LogP contribution < -0.4 is 0 Å². The summed E-state index contributed by atoms with van der Waals surface area (Å²) >= 11 is 0. The van der Waals surface area contributed by atoms with Crippen molar-refractivity contribution in [3.63, 3.8) is 0 Å². The SMILES string of the molecule is CC1([C@H]2CC[C@H]3[C@@H]4CC[C@@H]5CC6(CC[C@]5(C)[C@H]4CC[C@]23C)CO6)OCCO1. The molecule has 0 amide bonds. The number of fused-ring (bicyclic) bond motifs is 5. The molecule has 0 aromatic rings. The van der Waals surface area contributed by atoms with Crippen LogP contribution in [0.3, 0.4) is 0 Å². The van der Waals surface area contributed by atoms with Gasteiger partial charge >= 0.3 is 0 Å². The molecule has 3 nitrogen and oxygen atoms in total. The molecule has 1 unspecified atom stereocenters. The fourth-order valence-corrected chi connectivity index (χ4v) is 9.27. The van der Waals surface area contributed by atoms with Crippen LogP contribution in [0.5, 0.6) is 0 Å². The minimum absolute atomic E-state index is 0.321. The predicted octanol–water partition coefficient (Wildman–Crippen LogP) is 5.18. The van der Waals surface area contributed by atoms with Gasteiger partial charge < -0.3 is 14.2 Å². The summed E-state index contributed by atoms with van der Waals surface area (Å²) in [4.78, 5) is 0. The largest absolute Gasteiger partial charge is 0.370 e. The molecule has 2 saturated heterocycles. The standard InChI is InChI=1S/C24H38O3/c1-21-10-11-24(15-27-24)14-16(21)4-5-17-18-6-7-20(23(3)25-12-13-26-23)22(18,2)9-8-19(17)21/h16-20H,4-15H2,1-3H3/t16-,17+,18+,19+,20+,21+,22+,24?/m1/s1. The Morgan fingerprint density at radius 1 is 0.704 bits per heavy atom. The van der Waals surface area contributed by atoms with Gasteiger partial charge in [0.1, 0.15) is 0 Å². The van der Waals surface area contributed by atoms with Crippen LogP contribution in [0.15, 0.2) is 0 Å². The van der Waals surface area contributed by atoms with Gasteiger partial charge in [-0.05, 0) is 99.2 Å². The smallest absolute Gasteiger partial charge is 0.169 e. The molecule has 27 heavy (non-hydrogen) atoms. The normalized spacial score (nSPS) is 58.6. The van der Waals surface area contributed by atoms with Gasteiger partial charge in [-0.25, -0.2) is 0 Å². The second-order valence-corrected chi connectivity index (χ2v) is 11.7. The van der Waals surface area contributed by atoms with E-state index in [1.165, 1.54) is 57.8 Å². The van der Waals surface area contributed by atoms with Crippen LogP contribution in [-0.4, -0.2) is 31.2 Å². The van der Waals surface area contributed by atoms with Crippen LogP contribution in [0.2, 0.25) is 0 Å². The molecular weight excluding hydrogens is 336 g/mol. The van der Waals surface area contributed by atoms with E-state index in [-0.39, 0.29) is 5.79 Å². The van der Waals surface area contributed by atoms with E-state index < -0.39 is 0 Å². The predicted molar refractivity (Wildman–Crippen MR) is 104 cm³/mol. The van der Waals surface area contributed by atoms with Crippen molar-refractivity contribution in [1.29, 1.82) is 0 Å². The topological polar surface area (TPSA) is 31.0 Å². The van der Waals surface area contributed by atoms with E-state index in [4.69, 9.17) is 14.2 Å². The highest BCUT2D eigenvalue weighted by molar-refractivity contribution is 5.13. The Kier molecular flexibility index (Phi) is 3.62. The monoisotopic (exact) mass is 374 g/mol.